The SMILES string of the molecule is [C-]#[N+]c1cccc(C=C)n1. The number of nitrogens with zero attached hydrogens (tertiary/aromatic N) is 2. The Bertz CT molecular complexity index is 284. The smallest absolute Gasteiger partial charge is 0.270 e. The van der Waals surface area contributed by atoms with Crippen molar-refractivity contribution in [2.45, 2.75) is 0 Å². The minimum absolute atomic E-state index is 0.414. The van der Waals surface area contributed by atoms with E-state index in [0.717, 1.165) is 5.69 Å². The van der Waals surface area contributed by atoms with Crippen molar-refractivity contribution in [1.82, 2.24) is 4.98 Å². The highest BCUT2D eigenvalue weighted by atomic mass is 14.9. The Morgan fingerprint density at radius 1 is 1.60 bits per heavy atom. The highest BCUT2D eigenvalue weighted by Crippen LogP contribution is 2.07. The first-order chi connectivity index (χ1) is 4.86. The van der Waals surface area contributed by atoms with Crippen molar-refractivity contribution < 1.29 is 0 Å². The van der Waals surface area contributed by atoms with Gasteiger partial charge in [-0.15, -0.1) is 4.98 Å². The molecule has 48 valence electrons. The maximum Gasteiger partial charge on any atom is 0.270 e. The normalized spacial score (nSPS) is 8.30. The number of hydrogen-bond acceptors (Lipinski definition) is 1. The lowest BCUT2D eigenvalue weighted by molar-refractivity contribution is 1.32. The summed E-state index contributed by atoms with van der Waals surface area (Å²) in [6, 6.07) is 5.26. The van der Waals surface area contributed by atoms with Gasteiger partial charge in [0.15, 0.2) is 5.69 Å². The van der Waals surface area contributed by atoms with Crippen LogP contribution in [0.3, 0.4) is 0 Å². The number of aromatic nitrogens is 1. The molecule has 0 saturated carbocycles. The summed E-state index contributed by atoms with van der Waals surface area (Å²) in [6.07, 6.45) is 1.62. The molecule has 0 spiro atoms. The number of rotatable bonds is 1. The molecular formula is C8H6N2. The standard InChI is InChI=1S/C8H6N2/c1-3-7-5-4-6-8(9-2)10-7/h3-6H,1H2. The maximum absolute atomic E-state index is 6.64. The first-order valence-electron chi connectivity index (χ1n) is 2.84. The lowest BCUT2D eigenvalue weighted by Crippen LogP contribution is -1.76. The molecule has 0 atom stereocenters. The molecule has 0 N–H and O–H groups in total. The Kier molecular flexibility index (Phi) is 1.81. The predicted octanol–water partition coefficient (Wildman–Crippen LogP) is 2.28. The molecule has 0 unspecified atom stereocenters. The molecular weight excluding hydrogens is 124 g/mol. The van der Waals surface area contributed by atoms with Crippen LogP contribution in [-0.4, -0.2) is 4.98 Å². The Morgan fingerprint density at radius 2 is 2.40 bits per heavy atom. The van der Waals surface area contributed by atoms with Crippen LogP contribution in [0.2, 0.25) is 0 Å². The van der Waals surface area contributed by atoms with Crippen LogP contribution in [0.5, 0.6) is 0 Å². The van der Waals surface area contributed by atoms with Crippen LogP contribution in [0, 0.1) is 6.57 Å². The van der Waals surface area contributed by atoms with Gasteiger partial charge in [0, 0.05) is 0 Å². The van der Waals surface area contributed by atoms with Crippen molar-refractivity contribution in [2.24, 2.45) is 0 Å². The van der Waals surface area contributed by atoms with Gasteiger partial charge in [-0.05, 0) is 18.2 Å². The average Bonchev–Trinajstić information content (AvgIpc) is 2.05. The summed E-state index contributed by atoms with van der Waals surface area (Å²) >= 11 is 0. The van der Waals surface area contributed by atoms with Gasteiger partial charge in [0.2, 0.25) is 0 Å². The van der Waals surface area contributed by atoms with Crippen LogP contribution in [0.25, 0.3) is 10.9 Å². The second-order valence-electron chi connectivity index (χ2n) is 1.74. The summed E-state index contributed by atoms with van der Waals surface area (Å²) in [5.41, 5.74) is 0.744. The summed E-state index contributed by atoms with van der Waals surface area (Å²) in [5.74, 6) is 0.414. The average molecular weight is 130 g/mol. The Labute approximate surface area is 59.7 Å². The second kappa shape index (κ2) is 2.79. The molecule has 1 aromatic rings. The lowest BCUT2D eigenvalue weighted by Gasteiger charge is -1.86. The van der Waals surface area contributed by atoms with Gasteiger partial charge in [0.25, 0.3) is 5.82 Å². The highest BCUT2D eigenvalue weighted by Gasteiger charge is 1.93. The van der Waals surface area contributed by atoms with Crippen LogP contribution in [0.4, 0.5) is 5.82 Å². The van der Waals surface area contributed by atoms with E-state index in [1.165, 1.54) is 0 Å². The monoisotopic (exact) mass is 130 g/mol. The molecule has 0 saturated heterocycles. The largest absolute Gasteiger partial charge is 0.361 e. The highest BCUT2D eigenvalue weighted by molar-refractivity contribution is 5.47. The molecule has 2 nitrogen and oxygen atoms in total. The fourth-order valence-corrected chi connectivity index (χ4v) is 0.616. The van der Waals surface area contributed by atoms with E-state index >= 15 is 0 Å². The van der Waals surface area contributed by atoms with Gasteiger partial charge in [0.05, 0.1) is 0 Å². The molecule has 0 aliphatic heterocycles. The van der Waals surface area contributed by atoms with E-state index in [1.54, 1.807) is 18.2 Å². The molecule has 0 amide bonds. The van der Waals surface area contributed by atoms with E-state index in [4.69, 9.17) is 6.57 Å². The third-order valence-electron chi connectivity index (χ3n) is 1.08. The topological polar surface area (TPSA) is 17.2 Å². The molecule has 0 bridgehead atoms. The zero-order valence-electron chi connectivity index (χ0n) is 5.41. The summed E-state index contributed by atoms with van der Waals surface area (Å²) in [4.78, 5) is 7.11. The van der Waals surface area contributed by atoms with Crippen molar-refractivity contribution in [3.8, 4) is 0 Å². The quantitative estimate of drug-likeness (QED) is 0.533. The molecule has 1 rings (SSSR count). The van der Waals surface area contributed by atoms with E-state index in [0.29, 0.717) is 5.82 Å². The zero-order valence-corrected chi connectivity index (χ0v) is 5.41. The second-order valence-corrected chi connectivity index (χ2v) is 1.74. The third-order valence-corrected chi connectivity index (χ3v) is 1.08. The van der Waals surface area contributed by atoms with Crippen LogP contribution < -0.4 is 0 Å². The summed E-state index contributed by atoms with van der Waals surface area (Å²) in [6.45, 7) is 10.2. The van der Waals surface area contributed by atoms with Gasteiger partial charge in [0.1, 0.15) is 0 Å². The number of hydrogen-bond donors (Lipinski definition) is 0. The van der Waals surface area contributed by atoms with Crippen molar-refractivity contribution >= 4 is 11.9 Å². The number of pyridine rings is 1. The molecule has 0 aliphatic carbocycles. The van der Waals surface area contributed by atoms with E-state index in [-0.39, 0.29) is 0 Å². The molecule has 10 heavy (non-hydrogen) atoms. The van der Waals surface area contributed by atoms with E-state index in [9.17, 15) is 0 Å². The predicted molar refractivity (Wildman–Crippen MR) is 40.6 cm³/mol. The van der Waals surface area contributed by atoms with Crippen LogP contribution >= 0.6 is 0 Å². The summed E-state index contributed by atoms with van der Waals surface area (Å²) in [7, 11) is 0. The fourth-order valence-electron chi connectivity index (χ4n) is 0.616. The lowest BCUT2D eigenvalue weighted by atomic mass is 10.3. The van der Waals surface area contributed by atoms with Crippen molar-refractivity contribution in [1.29, 1.82) is 0 Å². The van der Waals surface area contributed by atoms with Gasteiger partial charge in [-0.1, -0.05) is 19.2 Å². The third kappa shape index (κ3) is 1.20. The minimum atomic E-state index is 0.414. The maximum atomic E-state index is 6.64. The van der Waals surface area contributed by atoms with Crippen LogP contribution in [-0.2, 0) is 0 Å². The molecule has 0 aromatic carbocycles. The Hall–Kier alpha value is -1.62. The first-order valence-corrected chi connectivity index (χ1v) is 2.84. The molecule has 1 heterocycles. The van der Waals surface area contributed by atoms with Gasteiger partial charge in [-0.25, -0.2) is 0 Å². The molecule has 0 fully saturated rings. The minimum Gasteiger partial charge on any atom is -0.361 e. The van der Waals surface area contributed by atoms with Crippen molar-refractivity contribution in [3.05, 3.63) is 41.9 Å². The summed E-state index contributed by atoms with van der Waals surface area (Å²) < 4.78 is 0. The van der Waals surface area contributed by atoms with E-state index in [1.807, 2.05) is 6.07 Å². The first kappa shape index (κ1) is 6.50. The van der Waals surface area contributed by atoms with E-state index < -0.39 is 0 Å². The summed E-state index contributed by atoms with van der Waals surface area (Å²) in [5, 5.41) is 0. The van der Waals surface area contributed by atoms with Crippen molar-refractivity contribution in [2.75, 3.05) is 0 Å². The fraction of sp³-hybridized carbons (Fsp3) is 0. The molecule has 0 radical (unpaired) electrons. The molecule has 0 aliphatic rings. The Balaban J connectivity index is 3.13. The molecule has 1 aromatic heterocycles. The van der Waals surface area contributed by atoms with Gasteiger partial charge in [-0.2, -0.15) is 0 Å². The van der Waals surface area contributed by atoms with Crippen molar-refractivity contribution in [3.63, 3.8) is 0 Å². The van der Waals surface area contributed by atoms with Gasteiger partial charge in [-0.3, -0.25) is 0 Å². The zero-order chi connectivity index (χ0) is 7.40. The van der Waals surface area contributed by atoms with Crippen LogP contribution in [0.15, 0.2) is 24.8 Å². The Morgan fingerprint density at radius 3 is 3.00 bits per heavy atom. The van der Waals surface area contributed by atoms with Crippen LogP contribution in [0.1, 0.15) is 5.69 Å². The van der Waals surface area contributed by atoms with E-state index in [2.05, 4.69) is 16.4 Å². The molecule has 2 heteroatoms. The van der Waals surface area contributed by atoms with Gasteiger partial charge < -0.3 is 4.85 Å². The van der Waals surface area contributed by atoms with Gasteiger partial charge >= 0.3 is 0 Å².